The lowest BCUT2D eigenvalue weighted by atomic mass is 10.5. The van der Waals surface area contributed by atoms with Crippen LogP contribution in [0.15, 0.2) is 0 Å². The van der Waals surface area contributed by atoms with Crippen molar-refractivity contribution >= 4 is 23.2 Å². The summed E-state index contributed by atoms with van der Waals surface area (Å²) in [7, 11) is 0. The molecule has 0 saturated carbocycles. The van der Waals surface area contributed by atoms with Crippen LogP contribution in [0.5, 0.6) is 0 Å². The number of hydrogen-bond donors (Lipinski definition) is 2. The van der Waals surface area contributed by atoms with E-state index in [2.05, 4.69) is 9.97 Å². The van der Waals surface area contributed by atoms with E-state index in [1.54, 1.807) is 6.92 Å². The Morgan fingerprint density at radius 1 is 1.20 bits per heavy atom. The molecule has 0 fully saturated rings. The summed E-state index contributed by atoms with van der Waals surface area (Å²) in [6.45, 7) is 1.70. The number of aromatic nitrogens is 2. The highest BCUT2D eigenvalue weighted by molar-refractivity contribution is 6.34. The first-order valence-electron chi connectivity index (χ1n) is 2.66. The van der Waals surface area contributed by atoms with Gasteiger partial charge in [0.1, 0.15) is 22.5 Å². The van der Waals surface area contributed by atoms with Crippen LogP contribution in [-0.4, -0.2) is 9.97 Å². The Morgan fingerprint density at radius 3 is 2.00 bits per heavy atom. The molecule has 1 rings (SSSR count). The molecule has 0 aliphatic heterocycles. The second-order valence-corrected chi connectivity index (χ2v) is 2.23. The zero-order valence-corrected chi connectivity index (χ0v) is 6.18. The van der Waals surface area contributed by atoms with Gasteiger partial charge >= 0.3 is 0 Å². The Bertz CT molecular complexity index is 237. The van der Waals surface area contributed by atoms with Crippen LogP contribution in [0.3, 0.4) is 0 Å². The summed E-state index contributed by atoms with van der Waals surface area (Å²) in [6.07, 6.45) is 0. The Labute approximate surface area is 63.2 Å². The van der Waals surface area contributed by atoms with Crippen molar-refractivity contribution in [1.29, 1.82) is 0 Å². The number of aryl methyl sites for hydroxylation is 1. The van der Waals surface area contributed by atoms with E-state index in [9.17, 15) is 0 Å². The highest BCUT2D eigenvalue weighted by Crippen LogP contribution is 2.20. The predicted molar refractivity (Wildman–Crippen MR) is 40.6 cm³/mol. The summed E-state index contributed by atoms with van der Waals surface area (Å²) in [4.78, 5) is 7.58. The minimum absolute atomic E-state index is 0.227. The molecule has 10 heavy (non-hydrogen) atoms. The molecule has 1 heterocycles. The molecule has 4 nitrogen and oxygen atoms in total. The maximum atomic E-state index is 5.57. The van der Waals surface area contributed by atoms with Gasteiger partial charge in [-0.2, -0.15) is 0 Å². The number of rotatable bonds is 0. The molecule has 0 unspecified atom stereocenters. The highest BCUT2D eigenvalue weighted by atomic mass is 35.5. The number of nitrogens with zero attached hydrogens (tertiary/aromatic N) is 2. The van der Waals surface area contributed by atoms with Gasteiger partial charge in [-0.3, -0.25) is 0 Å². The Kier molecular flexibility index (Phi) is 1.63. The summed E-state index contributed by atoms with van der Waals surface area (Å²) < 4.78 is 0. The van der Waals surface area contributed by atoms with Crippen molar-refractivity contribution in [3.05, 3.63) is 10.8 Å². The summed E-state index contributed by atoms with van der Waals surface area (Å²) in [6, 6.07) is 0. The zero-order chi connectivity index (χ0) is 7.72. The van der Waals surface area contributed by atoms with Crippen LogP contribution in [0.25, 0.3) is 0 Å². The zero-order valence-electron chi connectivity index (χ0n) is 5.43. The maximum absolute atomic E-state index is 5.57. The van der Waals surface area contributed by atoms with Crippen molar-refractivity contribution in [2.75, 3.05) is 11.5 Å². The first kappa shape index (κ1) is 7.08. The van der Waals surface area contributed by atoms with Crippen LogP contribution in [0.4, 0.5) is 11.6 Å². The van der Waals surface area contributed by atoms with Crippen molar-refractivity contribution in [3.8, 4) is 0 Å². The monoisotopic (exact) mass is 158 g/mol. The molecule has 0 amide bonds. The molecule has 0 aliphatic carbocycles. The number of halogens is 1. The van der Waals surface area contributed by atoms with E-state index in [1.807, 2.05) is 0 Å². The van der Waals surface area contributed by atoms with Crippen molar-refractivity contribution in [2.45, 2.75) is 6.92 Å². The minimum Gasteiger partial charge on any atom is -0.382 e. The van der Waals surface area contributed by atoms with Gasteiger partial charge in [0.2, 0.25) is 0 Å². The lowest BCUT2D eigenvalue weighted by molar-refractivity contribution is 1.07. The fourth-order valence-corrected chi connectivity index (χ4v) is 0.688. The standard InChI is InChI=1S/C5H7ClN4/c1-2-9-4(7)3(6)5(8)10-2/h1H3,(H4,7,8,9,10). The average Bonchev–Trinajstić information content (AvgIpc) is 1.82. The first-order valence-corrected chi connectivity index (χ1v) is 3.04. The van der Waals surface area contributed by atoms with E-state index in [-0.39, 0.29) is 16.7 Å². The third-order valence-electron chi connectivity index (χ3n) is 1.01. The second-order valence-electron chi connectivity index (χ2n) is 1.86. The van der Waals surface area contributed by atoms with Gasteiger partial charge in [0.25, 0.3) is 0 Å². The Hall–Kier alpha value is -1.03. The van der Waals surface area contributed by atoms with E-state index >= 15 is 0 Å². The number of nitrogens with two attached hydrogens (primary N) is 2. The molecule has 0 saturated heterocycles. The van der Waals surface area contributed by atoms with Gasteiger partial charge in [-0.25, -0.2) is 9.97 Å². The smallest absolute Gasteiger partial charge is 0.148 e. The molecule has 54 valence electrons. The predicted octanol–water partition coefficient (Wildman–Crippen LogP) is 0.603. The SMILES string of the molecule is Cc1nc(N)c(Cl)c(N)n1. The lowest BCUT2D eigenvalue weighted by Crippen LogP contribution is -2.01. The maximum Gasteiger partial charge on any atom is 0.148 e. The van der Waals surface area contributed by atoms with Crippen molar-refractivity contribution < 1.29 is 0 Å². The Morgan fingerprint density at radius 2 is 1.60 bits per heavy atom. The third-order valence-corrected chi connectivity index (χ3v) is 1.40. The van der Waals surface area contributed by atoms with Crippen LogP contribution < -0.4 is 11.5 Å². The number of nitrogen functional groups attached to an aromatic ring is 2. The molecule has 0 aliphatic rings. The van der Waals surface area contributed by atoms with Gasteiger partial charge in [0.15, 0.2) is 0 Å². The summed E-state index contributed by atoms with van der Waals surface area (Å²) >= 11 is 5.57. The first-order chi connectivity index (χ1) is 4.61. The van der Waals surface area contributed by atoms with Gasteiger partial charge in [-0.05, 0) is 6.92 Å². The molecule has 5 heteroatoms. The minimum atomic E-state index is 0.227. The number of hydrogen-bond acceptors (Lipinski definition) is 4. The lowest BCUT2D eigenvalue weighted by Gasteiger charge is -2.00. The third kappa shape index (κ3) is 1.11. The summed E-state index contributed by atoms with van der Waals surface area (Å²) in [5, 5.41) is 0.227. The van der Waals surface area contributed by atoms with Crippen LogP contribution in [-0.2, 0) is 0 Å². The van der Waals surface area contributed by atoms with Crippen molar-refractivity contribution in [1.82, 2.24) is 9.97 Å². The molecular weight excluding hydrogens is 152 g/mol. The van der Waals surface area contributed by atoms with Gasteiger partial charge in [0.05, 0.1) is 0 Å². The van der Waals surface area contributed by atoms with E-state index in [1.165, 1.54) is 0 Å². The topological polar surface area (TPSA) is 77.8 Å². The van der Waals surface area contributed by atoms with E-state index in [0.29, 0.717) is 5.82 Å². The Balaban J connectivity index is 3.31. The largest absolute Gasteiger partial charge is 0.382 e. The number of anilines is 2. The average molecular weight is 159 g/mol. The van der Waals surface area contributed by atoms with E-state index in [0.717, 1.165) is 0 Å². The van der Waals surface area contributed by atoms with Crippen LogP contribution in [0.1, 0.15) is 5.82 Å². The van der Waals surface area contributed by atoms with Gasteiger partial charge < -0.3 is 11.5 Å². The normalized spacial score (nSPS) is 9.80. The molecular formula is C5H7ClN4. The fraction of sp³-hybridized carbons (Fsp3) is 0.200. The van der Waals surface area contributed by atoms with Crippen LogP contribution in [0, 0.1) is 6.92 Å². The molecule has 0 atom stereocenters. The molecule has 0 aromatic carbocycles. The highest BCUT2D eigenvalue weighted by Gasteiger charge is 2.03. The van der Waals surface area contributed by atoms with Crippen molar-refractivity contribution in [2.24, 2.45) is 0 Å². The van der Waals surface area contributed by atoms with E-state index < -0.39 is 0 Å². The summed E-state index contributed by atoms with van der Waals surface area (Å²) in [5.74, 6) is 0.984. The van der Waals surface area contributed by atoms with E-state index in [4.69, 9.17) is 23.1 Å². The molecule has 0 radical (unpaired) electrons. The molecule has 4 N–H and O–H groups in total. The quantitative estimate of drug-likeness (QED) is 0.580. The van der Waals surface area contributed by atoms with Gasteiger partial charge in [-0.1, -0.05) is 11.6 Å². The molecule has 0 bridgehead atoms. The fourth-order valence-electron chi connectivity index (χ4n) is 0.603. The van der Waals surface area contributed by atoms with Crippen molar-refractivity contribution in [3.63, 3.8) is 0 Å². The molecule has 1 aromatic rings. The molecule has 1 aromatic heterocycles. The summed E-state index contributed by atoms with van der Waals surface area (Å²) in [5.41, 5.74) is 10.7. The van der Waals surface area contributed by atoms with Crippen LogP contribution in [0.2, 0.25) is 5.02 Å². The van der Waals surface area contributed by atoms with Crippen LogP contribution >= 0.6 is 11.6 Å². The second kappa shape index (κ2) is 2.30. The van der Waals surface area contributed by atoms with Gasteiger partial charge in [0, 0.05) is 0 Å². The van der Waals surface area contributed by atoms with Gasteiger partial charge in [-0.15, -0.1) is 0 Å². The molecule has 0 spiro atoms.